The van der Waals surface area contributed by atoms with Gasteiger partial charge in [-0.2, -0.15) is 0 Å². The Bertz CT molecular complexity index is 295. The molecular formula is C12H16O3. The SMILES string of the molecule is COC(=O)CCOC(C)c1ccccc1. The second kappa shape index (κ2) is 6.19. The molecule has 0 bridgehead atoms. The fourth-order valence-corrected chi connectivity index (χ4v) is 1.24. The molecule has 3 heteroatoms. The molecule has 0 saturated heterocycles. The summed E-state index contributed by atoms with van der Waals surface area (Å²) in [4.78, 5) is 10.8. The van der Waals surface area contributed by atoms with E-state index in [0.29, 0.717) is 13.0 Å². The Hall–Kier alpha value is -1.35. The molecule has 0 radical (unpaired) electrons. The lowest BCUT2D eigenvalue weighted by atomic mass is 10.1. The summed E-state index contributed by atoms with van der Waals surface area (Å²) in [6, 6.07) is 9.90. The second-order valence-corrected chi connectivity index (χ2v) is 3.25. The third-order valence-corrected chi connectivity index (χ3v) is 2.17. The van der Waals surface area contributed by atoms with E-state index in [1.807, 2.05) is 37.3 Å². The van der Waals surface area contributed by atoms with Crippen LogP contribution in [-0.2, 0) is 14.3 Å². The van der Waals surface area contributed by atoms with Crippen molar-refractivity contribution in [3.63, 3.8) is 0 Å². The van der Waals surface area contributed by atoms with Gasteiger partial charge >= 0.3 is 5.97 Å². The van der Waals surface area contributed by atoms with E-state index in [4.69, 9.17) is 4.74 Å². The molecule has 3 nitrogen and oxygen atoms in total. The van der Waals surface area contributed by atoms with E-state index in [0.717, 1.165) is 5.56 Å². The van der Waals surface area contributed by atoms with E-state index in [-0.39, 0.29) is 12.1 Å². The van der Waals surface area contributed by atoms with Gasteiger partial charge in [-0.05, 0) is 12.5 Å². The number of carbonyl (C=O) groups is 1. The van der Waals surface area contributed by atoms with E-state index in [9.17, 15) is 4.79 Å². The lowest BCUT2D eigenvalue weighted by molar-refractivity contribution is -0.142. The molecule has 0 aliphatic heterocycles. The molecule has 15 heavy (non-hydrogen) atoms. The maximum Gasteiger partial charge on any atom is 0.307 e. The van der Waals surface area contributed by atoms with Crippen LogP contribution in [0.2, 0.25) is 0 Å². The highest BCUT2D eigenvalue weighted by Crippen LogP contribution is 2.15. The third-order valence-electron chi connectivity index (χ3n) is 2.17. The number of rotatable bonds is 5. The normalized spacial score (nSPS) is 12.1. The van der Waals surface area contributed by atoms with Gasteiger partial charge in [-0.15, -0.1) is 0 Å². The Morgan fingerprint density at radius 1 is 1.33 bits per heavy atom. The van der Waals surface area contributed by atoms with Crippen LogP contribution in [0.15, 0.2) is 30.3 Å². The Labute approximate surface area is 90.0 Å². The van der Waals surface area contributed by atoms with Crippen molar-refractivity contribution >= 4 is 5.97 Å². The topological polar surface area (TPSA) is 35.5 Å². The van der Waals surface area contributed by atoms with Crippen LogP contribution < -0.4 is 0 Å². The van der Waals surface area contributed by atoms with Crippen LogP contribution in [-0.4, -0.2) is 19.7 Å². The Kier molecular flexibility index (Phi) is 4.84. The lowest BCUT2D eigenvalue weighted by Gasteiger charge is -2.12. The van der Waals surface area contributed by atoms with Crippen molar-refractivity contribution in [3.8, 4) is 0 Å². The predicted molar refractivity (Wildman–Crippen MR) is 57.4 cm³/mol. The maximum atomic E-state index is 10.8. The molecule has 0 spiro atoms. The van der Waals surface area contributed by atoms with Crippen LogP contribution in [0.1, 0.15) is 25.0 Å². The smallest absolute Gasteiger partial charge is 0.307 e. The molecule has 0 saturated carbocycles. The molecule has 0 aliphatic rings. The summed E-state index contributed by atoms with van der Waals surface area (Å²) in [6.45, 7) is 2.36. The molecule has 1 aromatic carbocycles. The first-order chi connectivity index (χ1) is 7.24. The summed E-state index contributed by atoms with van der Waals surface area (Å²) in [5.41, 5.74) is 1.11. The van der Waals surface area contributed by atoms with Crippen LogP contribution in [0, 0.1) is 0 Å². The van der Waals surface area contributed by atoms with Gasteiger partial charge in [0, 0.05) is 0 Å². The Morgan fingerprint density at radius 3 is 2.60 bits per heavy atom. The van der Waals surface area contributed by atoms with Crippen molar-refractivity contribution in [1.29, 1.82) is 0 Å². The van der Waals surface area contributed by atoms with Gasteiger partial charge in [-0.1, -0.05) is 30.3 Å². The van der Waals surface area contributed by atoms with Gasteiger partial charge in [0.15, 0.2) is 0 Å². The minimum Gasteiger partial charge on any atom is -0.469 e. The third kappa shape index (κ3) is 4.13. The fraction of sp³-hybridized carbons (Fsp3) is 0.417. The molecule has 0 N–H and O–H groups in total. The second-order valence-electron chi connectivity index (χ2n) is 3.25. The number of carbonyl (C=O) groups excluding carboxylic acids is 1. The summed E-state index contributed by atoms with van der Waals surface area (Å²) < 4.78 is 10.0. The monoisotopic (exact) mass is 208 g/mol. The fourth-order valence-electron chi connectivity index (χ4n) is 1.24. The Morgan fingerprint density at radius 2 is 2.00 bits per heavy atom. The van der Waals surface area contributed by atoms with Crippen molar-refractivity contribution in [2.45, 2.75) is 19.4 Å². The number of methoxy groups -OCH3 is 1. The van der Waals surface area contributed by atoms with Crippen LogP contribution in [0.3, 0.4) is 0 Å². The van der Waals surface area contributed by atoms with Gasteiger partial charge in [0.05, 0.1) is 26.2 Å². The van der Waals surface area contributed by atoms with Gasteiger partial charge in [0.1, 0.15) is 0 Å². The lowest BCUT2D eigenvalue weighted by Crippen LogP contribution is -2.08. The van der Waals surface area contributed by atoms with Crippen LogP contribution in [0.5, 0.6) is 0 Å². The summed E-state index contributed by atoms with van der Waals surface area (Å²) in [5.74, 6) is -0.240. The summed E-state index contributed by atoms with van der Waals surface area (Å²) in [5, 5.41) is 0. The predicted octanol–water partition coefficient (Wildman–Crippen LogP) is 2.33. The van der Waals surface area contributed by atoms with Gasteiger partial charge in [-0.25, -0.2) is 0 Å². The zero-order valence-corrected chi connectivity index (χ0v) is 9.10. The zero-order valence-electron chi connectivity index (χ0n) is 9.10. The number of hydrogen-bond acceptors (Lipinski definition) is 3. The van der Waals surface area contributed by atoms with Crippen molar-refractivity contribution < 1.29 is 14.3 Å². The zero-order chi connectivity index (χ0) is 11.1. The molecule has 1 rings (SSSR count). The standard InChI is InChI=1S/C12H16O3/c1-10(11-6-4-3-5-7-11)15-9-8-12(13)14-2/h3-7,10H,8-9H2,1-2H3. The van der Waals surface area contributed by atoms with Crippen molar-refractivity contribution in [1.82, 2.24) is 0 Å². The molecule has 0 aliphatic carbocycles. The van der Waals surface area contributed by atoms with Crippen LogP contribution >= 0.6 is 0 Å². The average Bonchev–Trinajstić information content (AvgIpc) is 2.29. The van der Waals surface area contributed by atoms with Crippen LogP contribution in [0.4, 0.5) is 0 Å². The molecular weight excluding hydrogens is 192 g/mol. The number of benzene rings is 1. The molecule has 82 valence electrons. The molecule has 1 atom stereocenters. The Balaban J connectivity index is 2.31. The first-order valence-corrected chi connectivity index (χ1v) is 4.97. The van der Waals surface area contributed by atoms with Gasteiger partial charge in [-0.3, -0.25) is 4.79 Å². The highest BCUT2D eigenvalue weighted by atomic mass is 16.5. The maximum absolute atomic E-state index is 10.8. The average molecular weight is 208 g/mol. The molecule has 1 aromatic rings. The number of esters is 1. The molecule has 0 fully saturated rings. The molecule has 0 amide bonds. The van der Waals surface area contributed by atoms with E-state index in [2.05, 4.69) is 4.74 Å². The van der Waals surface area contributed by atoms with E-state index in [1.165, 1.54) is 7.11 Å². The quantitative estimate of drug-likeness (QED) is 0.697. The summed E-state index contributed by atoms with van der Waals surface area (Å²) in [7, 11) is 1.38. The number of hydrogen-bond donors (Lipinski definition) is 0. The highest BCUT2D eigenvalue weighted by Gasteiger charge is 2.06. The summed E-state index contributed by atoms with van der Waals surface area (Å²) in [6.07, 6.45) is 0.309. The van der Waals surface area contributed by atoms with Gasteiger partial charge < -0.3 is 9.47 Å². The summed E-state index contributed by atoms with van der Waals surface area (Å²) >= 11 is 0. The van der Waals surface area contributed by atoms with E-state index in [1.54, 1.807) is 0 Å². The highest BCUT2D eigenvalue weighted by molar-refractivity contribution is 5.69. The van der Waals surface area contributed by atoms with Gasteiger partial charge in [0.25, 0.3) is 0 Å². The largest absolute Gasteiger partial charge is 0.469 e. The van der Waals surface area contributed by atoms with Crippen molar-refractivity contribution in [2.24, 2.45) is 0 Å². The first kappa shape index (κ1) is 11.7. The molecule has 0 aromatic heterocycles. The van der Waals surface area contributed by atoms with E-state index >= 15 is 0 Å². The van der Waals surface area contributed by atoms with Gasteiger partial charge in [0.2, 0.25) is 0 Å². The molecule has 1 unspecified atom stereocenters. The minimum absolute atomic E-state index is 0.0101. The van der Waals surface area contributed by atoms with Crippen LogP contribution in [0.25, 0.3) is 0 Å². The minimum atomic E-state index is -0.240. The van der Waals surface area contributed by atoms with E-state index < -0.39 is 0 Å². The van der Waals surface area contributed by atoms with Crippen molar-refractivity contribution in [2.75, 3.05) is 13.7 Å². The first-order valence-electron chi connectivity index (χ1n) is 4.97. The molecule has 0 heterocycles. The van der Waals surface area contributed by atoms with Crippen molar-refractivity contribution in [3.05, 3.63) is 35.9 Å². The number of ether oxygens (including phenoxy) is 2.